The van der Waals surface area contributed by atoms with Crippen LogP contribution in [-0.4, -0.2) is 47.6 Å². The van der Waals surface area contributed by atoms with E-state index in [9.17, 15) is 14.7 Å². The van der Waals surface area contributed by atoms with Gasteiger partial charge in [-0.2, -0.15) is 0 Å². The number of carbonyl (C=O) groups excluding carboxylic acids is 1. The fourth-order valence-corrected chi connectivity index (χ4v) is 5.54. The Balaban J connectivity index is 1.38. The number of rotatable bonds is 8. The Labute approximate surface area is 196 Å². The number of aliphatic carboxylic acids is 1. The Hall–Kier alpha value is -2.60. The highest BCUT2D eigenvalue weighted by molar-refractivity contribution is 6.04. The molecule has 0 bridgehead atoms. The monoisotopic (exact) mass is 452 g/mol. The van der Waals surface area contributed by atoms with Crippen LogP contribution in [0.2, 0.25) is 0 Å². The number of piperidine rings is 1. The van der Waals surface area contributed by atoms with Crippen LogP contribution in [0.4, 0.5) is 5.69 Å². The Bertz CT molecular complexity index is 895. The molecule has 2 fully saturated rings. The normalized spacial score (nSPS) is 19.3. The quantitative estimate of drug-likeness (QED) is 0.583. The van der Waals surface area contributed by atoms with Gasteiger partial charge in [0.25, 0.3) is 5.91 Å². The van der Waals surface area contributed by atoms with Crippen molar-refractivity contribution in [3.63, 3.8) is 0 Å². The number of carboxylic acid groups (broad SMARTS) is 1. The van der Waals surface area contributed by atoms with Crippen molar-refractivity contribution in [2.45, 2.75) is 64.3 Å². The summed E-state index contributed by atoms with van der Waals surface area (Å²) in [6.45, 7) is 4.60. The largest absolute Gasteiger partial charge is 0.481 e. The summed E-state index contributed by atoms with van der Waals surface area (Å²) in [6, 6.07) is 11.6. The molecule has 6 nitrogen and oxygen atoms in total. The SMILES string of the molecule is Cc1ccc(N(C(=O)c2ccco2)C2CCN(CCC(C(=O)O)C3CCCCC3)CC2)cc1. The smallest absolute Gasteiger partial charge is 0.306 e. The number of hydrogen-bond donors (Lipinski definition) is 1. The highest BCUT2D eigenvalue weighted by atomic mass is 16.4. The molecule has 1 amide bonds. The van der Waals surface area contributed by atoms with Crippen molar-refractivity contribution in [1.82, 2.24) is 4.90 Å². The van der Waals surface area contributed by atoms with Gasteiger partial charge in [-0.25, -0.2) is 0 Å². The summed E-state index contributed by atoms with van der Waals surface area (Å²) in [5, 5.41) is 9.80. The minimum Gasteiger partial charge on any atom is -0.481 e. The summed E-state index contributed by atoms with van der Waals surface area (Å²) in [4.78, 5) is 29.5. The summed E-state index contributed by atoms with van der Waals surface area (Å²) >= 11 is 0. The van der Waals surface area contributed by atoms with Gasteiger partial charge < -0.3 is 19.3 Å². The summed E-state index contributed by atoms with van der Waals surface area (Å²) in [5.41, 5.74) is 2.05. The van der Waals surface area contributed by atoms with E-state index in [1.807, 2.05) is 36.1 Å². The number of carbonyl (C=O) groups is 2. The Kier molecular flexibility index (Phi) is 7.86. The summed E-state index contributed by atoms with van der Waals surface area (Å²) < 4.78 is 5.42. The number of aryl methyl sites for hydroxylation is 1. The zero-order valence-electron chi connectivity index (χ0n) is 19.6. The first-order valence-electron chi connectivity index (χ1n) is 12.4. The second-order valence-electron chi connectivity index (χ2n) is 9.69. The minimum absolute atomic E-state index is 0.0928. The zero-order valence-corrected chi connectivity index (χ0v) is 19.6. The van der Waals surface area contributed by atoms with E-state index in [4.69, 9.17) is 4.42 Å². The van der Waals surface area contributed by atoms with Crippen molar-refractivity contribution >= 4 is 17.6 Å². The molecule has 2 aromatic rings. The lowest BCUT2D eigenvalue weighted by Gasteiger charge is -2.39. The van der Waals surface area contributed by atoms with E-state index in [2.05, 4.69) is 4.90 Å². The molecule has 1 atom stereocenters. The van der Waals surface area contributed by atoms with Crippen molar-refractivity contribution in [1.29, 1.82) is 0 Å². The van der Waals surface area contributed by atoms with Crippen LogP contribution in [0.5, 0.6) is 0 Å². The van der Waals surface area contributed by atoms with Gasteiger partial charge >= 0.3 is 5.97 Å². The van der Waals surface area contributed by atoms with E-state index >= 15 is 0 Å². The number of carboxylic acids is 1. The summed E-state index contributed by atoms with van der Waals surface area (Å²) in [7, 11) is 0. The summed E-state index contributed by atoms with van der Waals surface area (Å²) in [6.07, 6.45) is 9.66. The molecule has 33 heavy (non-hydrogen) atoms. The van der Waals surface area contributed by atoms with Gasteiger partial charge in [0.2, 0.25) is 0 Å². The Morgan fingerprint density at radius 1 is 1.06 bits per heavy atom. The molecule has 1 aromatic carbocycles. The second kappa shape index (κ2) is 11.0. The van der Waals surface area contributed by atoms with E-state index in [0.29, 0.717) is 11.7 Å². The number of furan rings is 1. The van der Waals surface area contributed by atoms with Crippen LogP contribution in [0.15, 0.2) is 47.1 Å². The standard InChI is InChI=1S/C27H36N2O4/c1-20-9-11-22(12-10-20)29(26(30)25-8-5-19-33-25)23-13-16-28(17-14-23)18-15-24(27(31)32)21-6-3-2-4-7-21/h5,8-12,19,21,23-24H,2-4,6-7,13-18H2,1H3,(H,31,32). The van der Waals surface area contributed by atoms with E-state index in [-0.39, 0.29) is 17.9 Å². The number of likely N-dealkylation sites (tertiary alicyclic amines) is 1. The predicted octanol–water partition coefficient (Wildman–Crippen LogP) is 5.37. The maximum absolute atomic E-state index is 13.3. The molecule has 1 unspecified atom stereocenters. The minimum atomic E-state index is -0.633. The van der Waals surface area contributed by atoms with Gasteiger partial charge in [-0.15, -0.1) is 0 Å². The van der Waals surface area contributed by atoms with Crippen LogP contribution in [0.25, 0.3) is 0 Å². The molecule has 1 aromatic heterocycles. The number of benzene rings is 1. The maximum Gasteiger partial charge on any atom is 0.306 e. The van der Waals surface area contributed by atoms with Crippen LogP contribution in [0.1, 0.15) is 67.5 Å². The number of amides is 1. The van der Waals surface area contributed by atoms with Crippen molar-refractivity contribution in [2.24, 2.45) is 11.8 Å². The molecule has 0 radical (unpaired) electrons. The van der Waals surface area contributed by atoms with Gasteiger partial charge in [-0.1, -0.05) is 37.0 Å². The van der Waals surface area contributed by atoms with Crippen LogP contribution in [-0.2, 0) is 4.79 Å². The first-order chi connectivity index (χ1) is 16.0. The summed E-state index contributed by atoms with van der Waals surface area (Å²) in [5.74, 6) is -0.281. The fourth-order valence-electron chi connectivity index (χ4n) is 5.54. The van der Waals surface area contributed by atoms with Crippen LogP contribution < -0.4 is 4.90 Å². The van der Waals surface area contributed by atoms with Crippen molar-refractivity contribution in [3.05, 3.63) is 54.0 Å². The van der Waals surface area contributed by atoms with E-state index < -0.39 is 5.97 Å². The van der Waals surface area contributed by atoms with Crippen molar-refractivity contribution in [3.8, 4) is 0 Å². The van der Waals surface area contributed by atoms with E-state index in [1.54, 1.807) is 12.1 Å². The molecule has 4 rings (SSSR count). The lowest BCUT2D eigenvalue weighted by molar-refractivity contribution is -0.144. The first-order valence-corrected chi connectivity index (χ1v) is 12.4. The van der Waals surface area contributed by atoms with Gasteiger partial charge in [0, 0.05) is 24.8 Å². The van der Waals surface area contributed by atoms with E-state index in [1.165, 1.54) is 25.5 Å². The second-order valence-corrected chi connectivity index (χ2v) is 9.69. The lowest BCUT2D eigenvalue weighted by atomic mass is 9.78. The lowest BCUT2D eigenvalue weighted by Crippen LogP contribution is -2.48. The van der Waals surface area contributed by atoms with Crippen LogP contribution in [0.3, 0.4) is 0 Å². The van der Waals surface area contributed by atoms with Gasteiger partial charge in [0.05, 0.1) is 12.2 Å². The topological polar surface area (TPSA) is 74.0 Å². The Morgan fingerprint density at radius 2 is 1.76 bits per heavy atom. The highest BCUT2D eigenvalue weighted by Crippen LogP contribution is 2.33. The van der Waals surface area contributed by atoms with Gasteiger partial charge in [0.1, 0.15) is 0 Å². The molecule has 178 valence electrons. The maximum atomic E-state index is 13.3. The first kappa shape index (κ1) is 23.6. The molecule has 1 saturated heterocycles. The number of nitrogens with zero attached hydrogens (tertiary/aromatic N) is 2. The molecule has 1 aliphatic heterocycles. The van der Waals surface area contributed by atoms with Gasteiger partial charge in [0.15, 0.2) is 5.76 Å². The third-order valence-electron chi connectivity index (χ3n) is 7.48. The van der Waals surface area contributed by atoms with Gasteiger partial charge in [-0.3, -0.25) is 9.59 Å². The van der Waals surface area contributed by atoms with Crippen molar-refractivity contribution in [2.75, 3.05) is 24.5 Å². The third kappa shape index (κ3) is 5.85. The molecule has 1 saturated carbocycles. The zero-order chi connectivity index (χ0) is 23.2. The van der Waals surface area contributed by atoms with Crippen LogP contribution in [0, 0.1) is 18.8 Å². The highest BCUT2D eigenvalue weighted by Gasteiger charge is 2.33. The van der Waals surface area contributed by atoms with Gasteiger partial charge in [-0.05, 0) is 75.8 Å². The molecular weight excluding hydrogens is 416 g/mol. The van der Waals surface area contributed by atoms with Crippen molar-refractivity contribution < 1.29 is 19.1 Å². The van der Waals surface area contributed by atoms with E-state index in [0.717, 1.165) is 63.0 Å². The molecule has 0 spiro atoms. The molecule has 6 heteroatoms. The Morgan fingerprint density at radius 3 is 2.36 bits per heavy atom. The van der Waals surface area contributed by atoms with Crippen LogP contribution >= 0.6 is 0 Å². The average Bonchev–Trinajstić information content (AvgIpc) is 3.37. The number of anilines is 1. The molecule has 1 aliphatic carbocycles. The molecule has 2 aliphatic rings. The predicted molar refractivity (Wildman–Crippen MR) is 128 cm³/mol. The number of hydrogen-bond acceptors (Lipinski definition) is 4. The average molecular weight is 453 g/mol. The fraction of sp³-hybridized carbons (Fsp3) is 0.556. The third-order valence-corrected chi connectivity index (χ3v) is 7.48. The molecular formula is C27H36N2O4. The molecule has 2 heterocycles. The molecule has 1 N–H and O–H groups in total.